The molecular weight excluding hydrogens is 372 g/mol. The molecular formula is C16H13BrN6O. The zero-order valence-electron chi connectivity index (χ0n) is 12.6. The number of aromatic nitrogens is 3. The van der Waals surface area contributed by atoms with Gasteiger partial charge in [0, 0.05) is 30.1 Å². The first-order valence-electron chi connectivity index (χ1n) is 7.58. The molecule has 0 radical (unpaired) electrons. The number of pyridine rings is 1. The number of nitrogens with two attached hydrogens (primary N) is 1. The Morgan fingerprint density at radius 2 is 2.21 bits per heavy atom. The van der Waals surface area contributed by atoms with Crippen LogP contribution in [0.2, 0.25) is 0 Å². The van der Waals surface area contributed by atoms with Gasteiger partial charge in [-0.2, -0.15) is 4.98 Å². The van der Waals surface area contributed by atoms with Gasteiger partial charge in [0.1, 0.15) is 12.4 Å². The van der Waals surface area contributed by atoms with E-state index in [2.05, 4.69) is 30.9 Å². The van der Waals surface area contributed by atoms with Crippen LogP contribution in [0.25, 0.3) is 5.65 Å². The Kier molecular flexibility index (Phi) is 2.84. The quantitative estimate of drug-likeness (QED) is 0.814. The zero-order valence-corrected chi connectivity index (χ0v) is 14.2. The van der Waals surface area contributed by atoms with Crippen molar-refractivity contribution in [2.45, 2.75) is 6.42 Å². The molecule has 5 heterocycles. The third-order valence-electron chi connectivity index (χ3n) is 4.38. The Morgan fingerprint density at radius 3 is 3.12 bits per heavy atom. The number of nitrogen functional groups attached to an aromatic ring is 1. The van der Waals surface area contributed by atoms with Gasteiger partial charge >= 0.3 is 0 Å². The fourth-order valence-electron chi connectivity index (χ4n) is 3.33. The number of nitrogens with zero attached hydrogens (tertiary/aromatic N) is 5. The highest BCUT2D eigenvalue weighted by Crippen LogP contribution is 2.40. The normalized spacial score (nSPS) is 19.5. The van der Waals surface area contributed by atoms with E-state index in [9.17, 15) is 0 Å². The number of hydrogen-bond donors (Lipinski definition) is 1. The van der Waals surface area contributed by atoms with E-state index in [1.165, 1.54) is 11.3 Å². The standard InChI is InChI=1S/C16H13BrN6O/c17-12-8-24-7-10-3-4-22-14(10)11(12)5-19-15(22)9-1-2-13-20-16(18)21-23(13)6-9/h1-2,5-6,8H,3-4,7H2,(H2,18,21). The van der Waals surface area contributed by atoms with Crippen LogP contribution in [0, 0.1) is 0 Å². The van der Waals surface area contributed by atoms with Crippen molar-refractivity contribution in [3.8, 4) is 0 Å². The predicted molar refractivity (Wildman–Crippen MR) is 93.3 cm³/mol. The number of ether oxygens (including phenoxy) is 1. The molecule has 0 aromatic carbocycles. The van der Waals surface area contributed by atoms with Gasteiger partial charge in [-0.3, -0.25) is 0 Å². The van der Waals surface area contributed by atoms with Gasteiger partial charge in [0.25, 0.3) is 0 Å². The molecule has 0 saturated carbocycles. The first-order valence-corrected chi connectivity index (χ1v) is 8.38. The molecule has 24 heavy (non-hydrogen) atoms. The fourth-order valence-corrected chi connectivity index (χ4v) is 3.75. The maximum Gasteiger partial charge on any atom is 0.240 e. The average molecular weight is 385 g/mol. The lowest BCUT2D eigenvalue weighted by Crippen LogP contribution is -2.31. The second kappa shape index (κ2) is 4.94. The molecule has 0 aliphatic carbocycles. The minimum absolute atomic E-state index is 0.265. The minimum atomic E-state index is 0.265. The van der Waals surface area contributed by atoms with Crippen molar-refractivity contribution in [2.75, 3.05) is 18.9 Å². The smallest absolute Gasteiger partial charge is 0.240 e. The molecule has 3 aliphatic rings. The summed E-state index contributed by atoms with van der Waals surface area (Å²) in [5.74, 6) is 1.17. The SMILES string of the molecule is Nc1nc2ccc(C3=NC=C4C(Br)=COCC5=C4N3CC5)cn2n1. The van der Waals surface area contributed by atoms with E-state index in [0.717, 1.165) is 40.1 Å². The maximum atomic E-state index is 5.67. The van der Waals surface area contributed by atoms with E-state index in [-0.39, 0.29) is 5.95 Å². The van der Waals surface area contributed by atoms with Gasteiger partial charge in [0.05, 0.1) is 16.4 Å². The Labute approximate surface area is 145 Å². The molecule has 0 saturated heterocycles. The number of fused-ring (bicyclic) bond motifs is 1. The van der Waals surface area contributed by atoms with E-state index in [1.807, 2.05) is 24.5 Å². The van der Waals surface area contributed by atoms with Gasteiger partial charge in [-0.25, -0.2) is 9.51 Å². The Hall–Kier alpha value is -2.61. The zero-order chi connectivity index (χ0) is 16.3. The van der Waals surface area contributed by atoms with Crippen molar-refractivity contribution in [2.24, 2.45) is 4.99 Å². The lowest BCUT2D eigenvalue weighted by molar-refractivity contribution is 0.279. The highest BCUT2D eigenvalue weighted by Gasteiger charge is 2.34. The summed E-state index contributed by atoms with van der Waals surface area (Å²) in [5.41, 5.74) is 10.9. The number of hydrogen-bond acceptors (Lipinski definition) is 6. The number of halogens is 1. The van der Waals surface area contributed by atoms with Crippen LogP contribution in [0.15, 0.2) is 57.1 Å². The summed E-state index contributed by atoms with van der Waals surface area (Å²) in [4.78, 5) is 11.1. The molecule has 0 fully saturated rings. The van der Waals surface area contributed by atoms with E-state index in [0.29, 0.717) is 6.61 Å². The molecule has 5 rings (SSSR count). The van der Waals surface area contributed by atoms with E-state index in [4.69, 9.17) is 15.5 Å². The molecule has 0 bridgehead atoms. The highest BCUT2D eigenvalue weighted by molar-refractivity contribution is 9.12. The average Bonchev–Trinajstić information content (AvgIpc) is 3.11. The van der Waals surface area contributed by atoms with Crippen LogP contribution >= 0.6 is 15.9 Å². The minimum Gasteiger partial charge on any atom is -0.496 e. The molecule has 3 aliphatic heterocycles. The summed E-state index contributed by atoms with van der Waals surface area (Å²) in [6, 6.07) is 3.90. The second-order valence-corrected chi connectivity index (χ2v) is 6.67. The largest absolute Gasteiger partial charge is 0.496 e. The summed E-state index contributed by atoms with van der Waals surface area (Å²) in [5, 5.41) is 4.18. The van der Waals surface area contributed by atoms with Crippen molar-refractivity contribution in [3.05, 3.63) is 57.7 Å². The van der Waals surface area contributed by atoms with Crippen LogP contribution < -0.4 is 5.73 Å². The predicted octanol–water partition coefficient (Wildman–Crippen LogP) is 2.18. The Balaban J connectivity index is 1.66. The molecule has 0 spiro atoms. The van der Waals surface area contributed by atoms with Gasteiger partial charge in [-0.15, -0.1) is 5.10 Å². The molecule has 2 aromatic rings. The first kappa shape index (κ1) is 13.8. The summed E-state index contributed by atoms with van der Waals surface area (Å²) >= 11 is 3.58. The first-order chi connectivity index (χ1) is 11.7. The number of aliphatic imine (C=N–C) groups is 1. The molecule has 0 amide bonds. The van der Waals surface area contributed by atoms with Crippen LogP contribution in [0.3, 0.4) is 0 Å². The molecule has 2 N–H and O–H groups in total. The van der Waals surface area contributed by atoms with Crippen LogP contribution in [0.5, 0.6) is 0 Å². The molecule has 120 valence electrons. The topological polar surface area (TPSA) is 81.0 Å². The summed E-state index contributed by atoms with van der Waals surface area (Å²) in [7, 11) is 0. The fraction of sp³-hybridized carbons (Fsp3) is 0.188. The lowest BCUT2D eigenvalue weighted by atomic mass is 10.1. The Bertz CT molecular complexity index is 999. The van der Waals surface area contributed by atoms with Gasteiger partial charge in [-0.05, 0) is 40.1 Å². The number of anilines is 1. The molecule has 2 aromatic heterocycles. The van der Waals surface area contributed by atoms with Crippen molar-refractivity contribution in [3.63, 3.8) is 0 Å². The maximum absolute atomic E-state index is 5.67. The third kappa shape index (κ3) is 1.92. The van der Waals surface area contributed by atoms with Crippen LogP contribution in [0.4, 0.5) is 5.95 Å². The van der Waals surface area contributed by atoms with Gasteiger partial charge in [0.2, 0.25) is 5.95 Å². The molecule has 0 unspecified atom stereocenters. The van der Waals surface area contributed by atoms with Crippen LogP contribution in [-0.2, 0) is 4.74 Å². The van der Waals surface area contributed by atoms with Gasteiger partial charge in [0.15, 0.2) is 5.65 Å². The third-order valence-corrected chi connectivity index (χ3v) is 4.99. The molecule has 0 atom stereocenters. The van der Waals surface area contributed by atoms with Crippen LogP contribution in [0.1, 0.15) is 12.0 Å². The van der Waals surface area contributed by atoms with Crippen LogP contribution in [-0.4, -0.2) is 38.5 Å². The van der Waals surface area contributed by atoms with Gasteiger partial charge in [-0.1, -0.05) is 0 Å². The summed E-state index contributed by atoms with van der Waals surface area (Å²) in [6.45, 7) is 1.51. The van der Waals surface area contributed by atoms with Crippen molar-refractivity contribution in [1.29, 1.82) is 0 Å². The molecule has 8 heteroatoms. The van der Waals surface area contributed by atoms with Crippen molar-refractivity contribution < 1.29 is 4.74 Å². The van der Waals surface area contributed by atoms with E-state index in [1.54, 1.807) is 10.8 Å². The number of allylic oxidation sites excluding steroid dienone is 1. The van der Waals surface area contributed by atoms with E-state index < -0.39 is 0 Å². The van der Waals surface area contributed by atoms with Gasteiger partial charge < -0.3 is 15.4 Å². The molecule has 7 nitrogen and oxygen atoms in total. The summed E-state index contributed by atoms with van der Waals surface area (Å²) in [6.07, 6.45) is 6.51. The van der Waals surface area contributed by atoms with Crippen molar-refractivity contribution >= 4 is 33.4 Å². The second-order valence-electron chi connectivity index (χ2n) is 5.82. The van der Waals surface area contributed by atoms with Crippen molar-refractivity contribution in [1.82, 2.24) is 19.5 Å². The monoisotopic (exact) mass is 384 g/mol. The lowest BCUT2D eigenvalue weighted by Gasteiger charge is -2.28. The summed E-state index contributed by atoms with van der Waals surface area (Å²) < 4.78 is 8.21. The highest BCUT2D eigenvalue weighted by atomic mass is 79.9. The van der Waals surface area contributed by atoms with E-state index >= 15 is 0 Å². The number of rotatable bonds is 1. The number of amidine groups is 1. The Morgan fingerprint density at radius 1 is 1.29 bits per heavy atom.